The fraction of sp³-hybridized carbons (Fsp3) is 0.429. The van der Waals surface area contributed by atoms with E-state index in [0.717, 1.165) is 6.42 Å². The largest absolute Gasteiger partial charge is 0.368 e. The fourth-order valence-corrected chi connectivity index (χ4v) is 2.30. The summed E-state index contributed by atoms with van der Waals surface area (Å²) in [6.07, 6.45) is 0.778. The van der Waals surface area contributed by atoms with Gasteiger partial charge in [0, 0.05) is 19.1 Å². The molecule has 0 aliphatic carbocycles. The number of hydrogen-bond acceptors (Lipinski definition) is 4. The van der Waals surface area contributed by atoms with E-state index >= 15 is 0 Å². The number of amides is 1. The Morgan fingerprint density at radius 3 is 3.05 bits per heavy atom. The molecule has 1 aliphatic rings. The second-order valence-electron chi connectivity index (χ2n) is 5.00. The first-order valence-corrected chi connectivity index (χ1v) is 6.52. The molecule has 2 rings (SSSR count). The molecule has 0 aromatic heterocycles. The van der Waals surface area contributed by atoms with Crippen LogP contribution in [0.5, 0.6) is 0 Å². The number of carbonyl (C=O) groups is 1. The van der Waals surface area contributed by atoms with Crippen molar-refractivity contribution >= 4 is 11.6 Å². The van der Waals surface area contributed by atoms with Crippen molar-refractivity contribution < 1.29 is 9.18 Å². The normalized spacial score (nSPS) is 19.5. The minimum Gasteiger partial charge on any atom is -0.368 e. The van der Waals surface area contributed by atoms with Crippen LogP contribution in [0.1, 0.15) is 18.9 Å². The molecule has 2 atom stereocenters. The molecule has 0 saturated carbocycles. The lowest BCUT2D eigenvalue weighted by Crippen LogP contribution is -2.44. The number of halogens is 1. The Bertz CT molecular complexity index is 553. The van der Waals surface area contributed by atoms with E-state index in [1.165, 1.54) is 12.1 Å². The third-order valence-corrected chi connectivity index (χ3v) is 3.37. The van der Waals surface area contributed by atoms with Crippen LogP contribution in [0, 0.1) is 17.1 Å². The molecule has 0 spiro atoms. The maximum absolute atomic E-state index is 13.1. The molecule has 3 N–H and O–H groups in total. The molecule has 0 bridgehead atoms. The average molecular weight is 276 g/mol. The van der Waals surface area contributed by atoms with Crippen molar-refractivity contribution in [2.75, 3.05) is 18.0 Å². The van der Waals surface area contributed by atoms with Gasteiger partial charge in [-0.25, -0.2) is 4.39 Å². The number of nitrogens with one attached hydrogen (secondary N) is 1. The lowest BCUT2D eigenvalue weighted by Gasteiger charge is -2.20. The highest BCUT2D eigenvalue weighted by Gasteiger charge is 2.26. The number of nitrogens with zero attached hydrogens (tertiary/aromatic N) is 2. The van der Waals surface area contributed by atoms with Gasteiger partial charge in [-0.2, -0.15) is 5.26 Å². The van der Waals surface area contributed by atoms with E-state index in [4.69, 9.17) is 11.0 Å². The molecule has 1 aliphatic heterocycles. The van der Waals surface area contributed by atoms with Crippen LogP contribution in [0.25, 0.3) is 0 Å². The van der Waals surface area contributed by atoms with Crippen LogP contribution in [0.15, 0.2) is 18.2 Å². The minimum atomic E-state index is -0.537. The number of carbonyl (C=O) groups excluding carboxylic acids is 1. The second kappa shape index (κ2) is 5.88. The number of hydrogen-bond donors (Lipinski definition) is 2. The molecule has 1 heterocycles. The number of nitrogens with two attached hydrogens (primary N) is 1. The standard InChI is InChI=1S/C14H17FN4O/c1-9(17)14(20)18-12-4-5-19(8-12)13-3-2-11(15)6-10(13)7-16/h2-3,6,9,12H,4-5,8,17H2,1H3,(H,18,20). The average Bonchev–Trinajstić information content (AvgIpc) is 2.86. The first-order chi connectivity index (χ1) is 9.51. The van der Waals surface area contributed by atoms with Gasteiger partial charge in [0.25, 0.3) is 0 Å². The van der Waals surface area contributed by atoms with Crippen molar-refractivity contribution in [2.24, 2.45) is 5.73 Å². The predicted molar refractivity (Wildman–Crippen MR) is 73.5 cm³/mol. The van der Waals surface area contributed by atoms with Crippen LogP contribution in [0.2, 0.25) is 0 Å². The van der Waals surface area contributed by atoms with Gasteiger partial charge in [-0.3, -0.25) is 4.79 Å². The van der Waals surface area contributed by atoms with E-state index < -0.39 is 11.9 Å². The predicted octanol–water partition coefficient (Wildman–Crippen LogP) is 0.739. The van der Waals surface area contributed by atoms with Crippen molar-refractivity contribution in [3.05, 3.63) is 29.6 Å². The summed E-state index contributed by atoms with van der Waals surface area (Å²) in [5.74, 6) is -0.609. The van der Waals surface area contributed by atoms with E-state index in [1.54, 1.807) is 13.0 Å². The van der Waals surface area contributed by atoms with Crippen LogP contribution >= 0.6 is 0 Å². The molecule has 1 aromatic carbocycles. The minimum absolute atomic E-state index is 0.00472. The molecule has 1 aromatic rings. The molecule has 1 amide bonds. The molecule has 20 heavy (non-hydrogen) atoms. The summed E-state index contributed by atoms with van der Waals surface area (Å²) in [5, 5.41) is 11.9. The van der Waals surface area contributed by atoms with Crippen LogP contribution in [0.4, 0.5) is 10.1 Å². The Balaban J connectivity index is 2.07. The molecule has 1 saturated heterocycles. The van der Waals surface area contributed by atoms with Crippen molar-refractivity contribution in [2.45, 2.75) is 25.4 Å². The SMILES string of the molecule is CC(N)C(=O)NC1CCN(c2ccc(F)cc2C#N)C1. The maximum atomic E-state index is 13.1. The van der Waals surface area contributed by atoms with Crippen LogP contribution < -0.4 is 16.0 Å². The van der Waals surface area contributed by atoms with E-state index in [1.807, 2.05) is 11.0 Å². The molecular formula is C14H17FN4O. The van der Waals surface area contributed by atoms with Gasteiger partial charge >= 0.3 is 0 Å². The zero-order valence-corrected chi connectivity index (χ0v) is 11.3. The molecule has 2 unspecified atom stereocenters. The summed E-state index contributed by atoms with van der Waals surface area (Å²) in [6, 6.07) is 5.63. The Morgan fingerprint density at radius 1 is 1.65 bits per heavy atom. The smallest absolute Gasteiger partial charge is 0.236 e. The summed E-state index contributed by atoms with van der Waals surface area (Å²) in [4.78, 5) is 13.5. The van der Waals surface area contributed by atoms with Gasteiger partial charge in [0.15, 0.2) is 0 Å². The molecule has 1 fully saturated rings. The van der Waals surface area contributed by atoms with E-state index in [9.17, 15) is 9.18 Å². The van der Waals surface area contributed by atoms with E-state index in [0.29, 0.717) is 24.3 Å². The van der Waals surface area contributed by atoms with Crippen LogP contribution in [0.3, 0.4) is 0 Å². The molecular weight excluding hydrogens is 259 g/mol. The summed E-state index contributed by atoms with van der Waals surface area (Å²) in [6.45, 7) is 2.94. The van der Waals surface area contributed by atoms with Crippen LogP contribution in [-0.2, 0) is 4.79 Å². The number of rotatable bonds is 3. The third kappa shape index (κ3) is 3.06. The highest BCUT2D eigenvalue weighted by molar-refractivity contribution is 5.81. The van der Waals surface area contributed by atoms with Crippen molar-refractivity contribution in [3.63, 3.8) is 0 Å². The Morgan fingerprint density at radius 2 is 2.40 bits per heavy atom. The van der Waals surface area contributed by atoms with E-state index in [-0.39, 0.29) is 11.9 Å². The summed E-state index contributed by atoms with van der Waals surface area (Å²) < 4.78 is 13.1. The zero-order valence-electron chi connectivity index (χ0n) is 11.3. The lowest BCUT2D eigenvalue weighted by molar-refractivity contribution is -0.122. The topological polar surface area (TPSA) is 82.2 Å². The molecule has 6 heteroatoms. The summed E-state index contributed by atoms with van der Waals surface area (Å²) in [5.41, 5.74) is 6.52. The first kappa shape index (κ1) is 14.3. The number of nitriles is 1. The maximum Gasteiger partial charge on any atom is 0.236 e. The van der Waals surface area contributed by atoms with Gasteiger partial charge in [-0.05, 0) is 31.5 Å². The van der Waals surface area contributed by atoms with Crippen LogP contribution in [-0.4, -0.2) is 31.1 Å². The van der Waals surface area contributed by atoms with Crippen molar-refractivity contribution in [3.8, 4) is 6.07 Å². The quantitative estimate of drug-likeness (QED) is 0.853. The highest BCUT2D eigenvalue weighted by atomic mass is 19.1. The van der Waals surface area contributed by atoms with Gasteiger partial charge < -0.3 is 16.0 Å². The summed E-state index contributed by atoms with van der Waals surface area (Å²) >= 11 is 0. The monoisotopic (exact) mass is 276 g/mol. The third-order valence-electron chi connectivity index (χ3n) is 3.37. The molecule has 0 radical (unpaired) electrons. The molecule has 106 valence electrons. The Labute approximate surface area is 117 Å². The van der Waals surface area contributed by atoms with Crippen molar-refractivity contribution in [1.29, 1.82) is 5.26 Å². The van der Waals surface area contributed by atoms with Gasteiger partial charge in [-0.1, -0.05) is 0 Å². The highest BCUT2D eigenvalue weighted by Crippen LogP contribution is 2.25. The number of anilines is 1. The van der Waals surface area contributed by atoms with Gasteiger partial charge in [0.2, 0.25) is 5.91 Å². The second-order valence-corrected chi connectivity index (χ2v) is 5.00. The molecule has 5 nitrogen and oxygen atoms in total. The fourth-order valence-electron chi connectivity index (χ4n) is 2.30. The lowest BCUT2D eigenvalue weighted by atomic mass is 10.1. The van der Waals surface area contributed by atoms with Gasteiger partial charge in [-0.15, -0.1) is 0 Å². The summed E-state index contributed by atoms with van der Waals surface area (Å²) in [7, 11) is 0. The van der Waals surface area contributed by atoms with Crippen molar-refractivity contribution in [1.82, 2.24) is 5.32 Å². The number of benzene rings is 1. The van der Waals surface area contributed by atoms with E-state index in [2.05, 4.69) is 5.32 Å². The Hall–Kier alpha value is -2.13. The van der Waals surface area contributed by atoms with Gasteiger partial charge in [0.1, 0.15) is 11.9 Å². The first-order valence-electron chi connectivity index (χ1n) is 6.52. The zero-order chi connectivity index (χ0) is 14.7. The van der Waals surface area contributed by atoms with Gasteiger partial charge in [0.05, 0.1) is 17.3 Å². The Kier molecular flexibility index (Phi) is 4.20.